The van der Waals surface area contributed by atoms with Crippen molar-refractivity contribution in [3.8, 4) is 0 Å². The van der Waals surface area contributed by atoms with Gasteiger partial charge in [-0.15, -0.1) is 0 Å². The second-order valence-corrected chi connectivity index (χ2v) is 3.09. The Hall–Kier alpha value is -0.740. The van der Waals surface area contributed by atoms with Gasteiger partial charge in [0.15, 0.2) is 0 Å². The zero-order valence-electron chi connectivity index (χ0n) is 7.81. The molecule has 78 valence electrons. The van der Waals surface area contributed by atoms with Gasteiger partial charge in [0.2, 0.25) is 0 Å². The summed E-state index contributed by atoms with van der Waals surface area (Å²) in [5.41, 5.74) is 0. The number of alkyl halides is 3. The minimum Gasteiger partial charge on any atom is -0.455 e. The molecule has 0 rings (SSSR count). The van der Waals surface area contributed by atoms with E-state index in [1.54, 1.807) is 20.8 Å². The first-order chi connectivity index (χ1) is 5.79. The summed E-state index contributed by atoms with van der Waals surface area (Å²) >= 11 is 0. The Morgan fingerprint density at radius 2 is 1.85 bits per heavy atom. The van der Waals surface area contributed by atoms with Crippen molar-refractivity contribution in [3.05, 3.63) is 0 Å². The molecule has 0 bridgehead atoms. The molecule has 0 aliphatic rings. The highest BCUT2D eigenvalue weighted by atomic mass is 19.4. The van der Waals surface area contributed by atoms with Crippen LogP contribution in [0.5, 0.6) is 0 Å². The molecule has 0 heterocycles. The summed E-state index contributed by atoms with van der Waals surface area (Å²) in [5.74, 6) is -2.20. The highest BCUT2D eigenvalue weighted by Gasteiger charge is 2.42. The van der Waals surface area contributed by atoms with Gasteiger partial charge < -0.3 is 4.74 Å². The van der Waals surface area contributed by atoms with E-state index < -0.39 is 18.2 Å². The van der Waals surface area contributed by atoms with Crippen LogP contribution in [0.2, 0.25) is 0 Å². The van der Waals surface area contributed by atoms with E-state index in [0.29, 0.717) is 6.42 Å². The van der Waals surface area contributed by atoms with Crippen LogP contribution >= 0.6 is 0 Å². The molecule has 0 aliphatic heterocycles. The second-order valence-electron chi connectivity index (χ2n) is 3.09. The van der Waals surface area contributed by atoms with Gasteiger partial charge in [-0.25, -0.2) is 4.79 Å². The van der Waals surface area contributed by atoms with Gasteiger partial charge in [-0.05, 0) is 12.3 Å². The summed E-state index contributed by atoms with van der Waals surface area (Å²) < 4.78 is 39.5. The summed E-state index contributed by atoms with van der Waals surface area (Å²) in [4.78, 5) is 10.4. The van der Waals surface area contributed by atoms with E-state index in [-0.39, 0.29) is 5.92 Å². The number of halogens is 3. The molecule has 0 radical (unpaired) electrons. The van der Waals surface area contributed by atoms with Crippen molar-refractivity contribution in [2.75, 3.05) is 0 Å². The van der Waals surface area contributed by atoms with E-state index in [0.717, 1.165) is 0 Å². The SMILES string of the molecule is CCC(OC(=O)C(F)(F)F)C(C)C. The fraction of sp³-hybridized carbons (Fsp3) is 0.875. The maximum Gasteiger partial charge on any atom is 0.490 e. The van der Waals surface area contributed by atoms with Crippen molar-refractivity contribution >= 4 is 5.97 Å². The van der Waals surface area contributed by atoms with Gasteiger partial charge in [0, 0.05) is 0 Å². The van der Waals surface area contributed by atoms with Crippen molar-refractivity contribution in [2.24, 2.45) is 5.92 Å². The summed E-state index contributed by atoms with van der Waals surface area (Å²) in [6.07, 6.45) is -5.16. The number of carbonyl (C=O) groups excluding carboxylic acids is 1. The molecular weight excluding hydrogens is 185 g/mol. The van der Waals surface area contributed by atoms with Gasteiger partial charge in [0.25, 0.3) is 0 Å². The van der Waals surface area contributed by atoms with Gasteiger partial charge >= 0.3 is 12.1 Å². The van der Waals surface area contributed by atoms with E-state index in [4.69, 9.17) is 0 Å². The molecule has 0 aromatic rings. The molecule has 0 aromatic carbocycles. The van der Waals surface area contributed by atoms with Crippen LogP contribution in [-0.2, 0) is 9.53 Å². The molecule has 0 spiro atoms. The minimum atomic E-state index is -4.89. The fourth-order valence-electron chi connectivity index (χ4n) is 0.895. The lowest BCUT2D eigenvalue weighted by atomic mass is 10.1. The van der Waals surface area contributed by atoms with E-state index in [1.807, 2.05) is 0 Å². The number of rotatable bonds is 3. The lowest BCUT2D eigenvalue weighted by molar-refractivity contribution is -0.206. The Bertz CT molecular complexity index is 175. The molecule has 1 unspecified atom stereocenters. The van der Waals surface area contributed by atoms with Crippen molar-refractivity contribution < 1.29 is 22.7 Å². The highest BCUT2D eigenvalue weighted by Crippen LogP contribution is 2.20. The molecule has 0 saturated carbocycles. The van der Waals surface area contributed by atoms with Crippen LogP contribution in [0.4, 0.5) is 13.2 Å². The zero-order chi connectivity index (χ0) is 10.6. The van der Waals surface area contributed by atoms with Gasteiger partial charge in [0.05, 0.1) is 0 Å². The van der Waals surface area contributed by atoms with Crippen LogP contribution < -0.4 is 0 Å². The lowest BCUT2D eigenvalue weighted by Gasteiger charge is -2.20. The van der Waals surface area contributed by atoms with E-state index in [1.165, 1.54) is 0 Å². The first-order valence-corrected chi connectivity index (χ1v) is 4.06. The van der Waals surface area contributed by atoms with Gasteiger partial charge in [-0.2, -0.15) is 13.2 Å². The fourth-order valence-corrected chi connectivity index (χ4v) is 0.895. The summed E-state index contributed by atoms with van der Waals surface area (Å²) in [6.45, 7) is 5.09. The number of hydrogen-bond donors (Lipinski definition) is 0. The van der Waals surface area contributed by atoms with Crippen LogP contribution in [0.3, 0.4) is 0 Å². The standard InChI is InChI=1S/C8H13F3O2/c1-4-6(5(2)3)13-7(12)8(9,10)11/h5-6H,4H2,1-3H3. The average Bonchev–Trinajstić information content (AvgIpc) is 1.96. The van der Waals surface area contributed by atoms with Crippen LogP contribution in [0, 0.1) is 5.92 Å². The van der Waals surface area contributed by atoms with E-state index >= 15 is 0 Å². The molecule has 0 saturated heterocycles. The van der Waals surface area contributed by atoms with Crippen LogP contribution in [-0.4, -0.2) is 18.2 Å². The number of ether oxygens (including phenoxy) is 1. The molecule has 0 fully saturated rings. The van der Waals surface area contributed by atoms with Crippen LogP contribution in [0.25, 0.3) is 0 Å². The average molecular weight is 198 g/mol. The molecule has 0 aliphatic carbocycles. The third-order valence-corrected chi connectivity index (χ3v) is 1.64. The maximum absolute atomic E-state index is 11.7. The van der Waals surface area contributed by atoms with Crippen molar-refractivity contribution in [2.45, 2.75) is 39.5 Å². The zero-order valence-corrected chi connectivity index (χ0v) is 7.81. The first kappa shape index (κ1) is 12.3. The largest absolute Gasteiger partial charge is 0.490 e. The van der Waals surface area contributed by atoms with Crippen LogP contribution in [0.15, 0.2) is 0 Å². The van der Waals surface area contributed by atoms with Gasteiger partial charge in [0.1, 0.15) is 6.10 Å². The molecule has 0 aromatic heterocycles. The number of carbonyl (C=O) groups is 1. The second kappa shape index (κ2) is 4.48. The smallest absolute Gasteiger partial charge is 0.455 e. The number of hydrogen-bond acceptors (Lipinski definition) is 2. The molecule has 5 heteroatoms. The third-order valence-electron chi connectivity index (χ3n) is 1.64. The highest BCUT2D eigenvalue weighted by molar-refractivity contribution is 5.75. The Balaban J connectivity index is 4.18. The summed E-state index contributed by atoms with van der Waals surface area (Å²) in [7, 11) is 0. The van der Waals surface area contributed by atoms with Crippen molar-refractivity contribution in [3.63, 3.8) is 0 Å². The van der Waals surface area contributed by atoms with E-state index in [9.17, 15) is 18.0 Å². The molecule has 13 heavy (non-hydrogen) atoms. The lowest BCUT2D eigenvalue weighted by Crippen LogP contribution is -2.32. The Labute approximate surface area is 75.1 Å². The summed E-state index contributed by atoms with van der Waals surface area (Å²) in [6, 6.07) is 0. The quantitative estimate of drug-likeness (QED) is 0.651. The number of esters is 1. The topological polar surface area (TPSA) is 26.3 Å². The van der Waals surface area contributed by atoms with Gasteiger partial charge in [-0.3, -0.25) is 0 Å². The van der Waals surface area contributed by atoms with Crippen molar-refractivity contribution in [1.29, 1.82) is 0 Å². The molecule has 1 atom stereocenters. The Kier molecular flexibility index (Phi) is 4.23. The monoisotopic (exact) mass is 198 g/mol. The van der Waals surface area contributed by atoms with Crippen molar-refractivity contribution in [1.82, 2.24) is 0 Å². The van der Waals surface area contributed by atoms with Gasteiger partial charge in [-0.1, -0.05) is 20.8 Å². The molecule has 2 nitrogen and oxygen atoms in total. The first-order valence-electron chi connectivity index (χ1n) is 4.06. The Morgan fingerprint density at radius 3 is 2.08 bits per heavy atom. The third kappa shape index (κ3) is 4.15. The molecule has 0 N–H and O–H groups in total. The molecule has 0 amide bonds. The summed E-state index contributed by atoms with van der Waals surface area (Å²) in [5, 5.41) is 0. The minimum absolute atomic E-state index is 0.101. The Morgan fingerprint density at radius 1 is 1.38 bits per heavy atom. The predicted octanol–water partition coefficient (Wildman–Crippen LogP) is 2.53. The normalized spacial score (nSPS) is 14.4. The maximum atomic E-state index is 11.7. The predicted molar refractivity (Wildman–Crippen MR) is 41.1 cm³/mol. The van der Waals surface area contributed by atoms with Crippen LogP contribution in [0.1, 0.15) is 27.2 Å². The molecular formula is C8H13F3O2. The van der Waals surface area contributed by atoms with E-state index in [2.05, 4.69) is 4.74 Å².